The summed E-state index contributed by atoms with van der Waals surface area (Å²) in [7, 11) is 0. The van der Waals surface area contributed by atoms with Gasteiger partial charge in [0, 0.05) is 23.5 Å². The Balaban J connectivity index is 2.48. The molecule has 2 rings (SSSR count). The quantitative estimate of drug-likeness (QED) is 0.790. The topological polar surface area (TPSA) is 71.6 Å². The molecule has 2 heterocycles. The lowest BCUT2D eigenvalue weighted by atomic mass is 10.2. The van der Waals surface area contributed by atoms with Gasteiger partial charge in [0.05, 0.1) is 6.54 Å². The fraction of sp³-hybridized carbons (Fsp3) is 0.231. The number of rotatable bonds is 2. The molecule has 0 spiro atoms. The minimum Gasteiger partial charge on any atom is -0.292 e. The average molecular weight is 240 g/mol. The molecular formula is C13H12N4O. The molecule has 0 N–H and O–H groups in total. The Morgan fingerprint density at radius 2 is 2.22 bits per heavy atom. The molecule has 0 aliphatic heterocycles. The number of aryl methyl sites for hydroxylation is 2. The van der Waals surface area contributed by atoms with E-state index >= 15 is 0 Å². The fourth-order valence-corrected chi connectivity index (χ4v) is 1.79. The van der Waals surface area contributed by atoms with Gasteiger partial charge in [-0.2, -0.15) is 5.26 Å². The second-order valence-corrected chi connectivity index (χ2v) is 3.99. The van der Waals surface area contributed by atoms with Crippen LogP contribution in [-0.4, -0.2) is 14.5 Å². The van der Waals surface area contributed by atoms with Crippen LogP contribution in [0, 0.1) is 25.2 Å². The minimum absolute atomic E-state index is 0.118. The third-order valence-corrected chi connectivity index (χ3v) is 2.65. The van der Waals surface area contributed by atoms with Crippen LogP contribution in [0.4, 0.5) is 0 Å². The second-order valence-electron chi connectivity index (χ2n) is 3.99. The average Bonchev–Trinajstić information content (AvgIpc) is 2.34. The van der Waals surface area contributed by atoms with E-state index < -0.39 is 0 Å². The van der Waals surface area contributed by atoms with E-state index in [1.807, 2.05) is 6.07 Å². The smallest absolute Gasteiger partial charge is 0.254 e. The van der Waals surface area contributed by atoms with E-state index in [-0.39, 0.29) is 5.56 Å². The maximum Gasteiger partial charge on any atom is 0.254 e. The zero-order valence-corrected chi connectivity index (χ0v) is 10.2. The van der Waals surface area contributed by atoms with Crippen molar-refractivity contribution in [3.8, 4) is 6.07 Å². The second kappa shape index (κ2) is 4.80. The Labute approximate surface area is 104 Å². The van der Waals surface area contributed by atoms with Crippen molar-refractivity contribution in [2.75, 3.05) is 0 Å². The number of nitriles is 1. The first kappa shape index (κ1) is 12.0. The van der Waals surface area contributed by atoms with E-state index in [9.17, 15) is 4.79 Å². The Hall–Kier alpha value is -2.48. The molecule has 0 saturated heterocycles. The van der Waals surface area contributed by atoms with Crippen LogP contribution >= 0.6 is 0 Å². The molecule has 5 nitrogen and oxygen atoms in total. The molecule has 2 aromatic rings. The predicted octanol–water partition coefficient (Wildman–Crippen LogP) is 1.18. The molecule has 0 aliphatic rings. The summed E-state index contributed by atoms with van der Waals surface area (Å²) in [6, 6.07) is 7.04. The van der Waals surface area contributed by atoms with Gasteiger partial charge in [0.15, 0.2) is 0 Å². The number of hydrogen-bond donors (Lipinski definition) is 0. The first-order valence-electron chi connectivity index (χ1n) is 5.51. The molecular weight excluding hydrogens is 228 g/mol. The van der Waals surface area contributed by atoms with Gasteiger partial charge < -0.3 is 0 Å². The van der Waals surface area contributed by atoms with Crippen molar-refractivity contribution in [2.45, 2.75) is 20.4 Å². The minimum atomic E-state index is -0.118. The van der Waals surface area contributed by atoms with Crippen LogP contribution in [0.15, 0.2) is 29.2 Å². The molecule has 0 radical (unpaired) electrons. The van der Waals surface area contributed by atoms with Gasteiger partial charge in [-0.25, -0.2) is 9.97 Å². The van der Waals surface area contributed by atoms with Crippen molar-refractivity contribution in [1.82, 2.24) is 14.5 Å². The van der Waals surface area contributed by atoms with E-state index in [1.165, 1.54) is 10.6 Å². The van der Waals surface area contributed by atoms with Crippen LogP contribution in [0.25, 0.3) is 0 Å². The van der Waals surface area contributed by atoms with E-state index in [4.69, 9.17) is 5.26 Å². The lowest BCUT2D eigenvalue weighted by Crippen LogP contribution is -2.24. The maximum atomic E-state index is 11.9. The molecule has 0 atom stereocenters. The summed E-state index contributed by atoms with van der Waals surface area (Å²) in [5.41, 5.74) is 1.63. The van der Waals surface area contributed by atoms with Crippen molar-refractivity contribution in [1.29, 1.82) is 5.26 Å². The lowest BCUT2D eigenvalue weighted by Gasteiger charge is -2.10. The molecule has 2 aromatic heterocycles. The zero-order chi connectivity index (χ0) is 13.1. The molecule has 0 aliphatic carbocycles. The predicted molar refractivity (Wildman–Crippen MR) is 66.0 cm³/mol. The largest absolute Gasteiger partial charge is 0.292 e. The third kappa shape index (κ3) is 2.28. The summed E-state index contributed by atoms with van der Waals surface area (Å²) in [5, 5.41) is 8.96. The van der Waals surface area contributed by atoms with E-state index in [1.54, 1.807) is 32.2 Å². The number of aromatic nitrogens is 3. The van der Waals surface area contributed by atoms with Gasteiger partial charge in [-0.3, -0.25) is 9.36 Å². The summed E-state index contributed by atoms with van der Waals surface area (Å²) in [4.78, 5) is 20.1. The zero-order valence-electron chi connectivity index (χ0n) is 10.2. The van der Waals surface area contributed by atoms with Crippen LogP contribution in [0.1, 0.15) is 22.8 Å². The molecule has 5 heteroatoms. The van der Waals surface area contributed by atoms with Crippen molar-refractivity contribution in [3.05, 3.63) is 57.5 Å². The Morgan fingerprint density at radius 3 is 2.89 bits per heavy atom. The van der Waals surface area contributed by atoms with Gasteiger partial charge in [0.25, 0.3) is 5.56 Å². The van der Waals surface area contributed by atoms with Gasteiger partial charge in [-0.05, 0) is 19.9 Å². The number of hydrogen-bond acceptors (Lipinski definition) is 4. The Bertz CT molecular complexity index is 682. The van der Waals surface area contributed by atoms with Crippen LogP contribution in [0.2, 0.25) is 0 Å². The van der Waals surface area contributed by atoms with Crippen LogP contribution in [-0.2, 0) is 6.54 Å². The molecule has 0 aromatic carbocycles. The summed E-state index contributed by atoms with van der Waals surface area (Å²) in [6.45, 7) is 3.87. The highest BCUT2D eigenvalue weighted by Crippen LogP contribution is 2.06. The maximum absolute atomic E-state index is 11.9. The van der Waals surface area contributed by atoms with E-state index in [2.05, 4.69) is 9.97 Å². The van der Waals surface area contributed by atoms with Crippen molar-refractivity contribution < 1.29 is 0 Å². The first-order chi connectivity index (χ1) is 8.61. The number of pyridine rings is 1. The van der Waals surface area contributed by atoms with Gasteiger partial charge in [-0.15, -0.1) is 0 Å². The first-order valence-corrected chi connectivity index (χ1v) is 5.51. The van der Waals surface area contributed by atoms with Gasteiger partial charge in [-0.1, -0.05) is 6.07 Å². The van der Waals surface area contributed by atoms with Crippen LogP contribution in [0.3, 0.4) is 0 Å². The SMILES string of the molecule is Cc1cc(=O)n(Cc2cccnc2C#N)c(C)n1. The van der Waals surface area contributed by atoms with E-state index in [0.29, 0.717) is 23.8 Å². The van der Waals surface area contributed by atoms with E-state index in [0.717, 1.165) is 5.56 Å². The monoisotopic (exact) mass is 240 g/mol. The highest BCUT2D eigenvalue weighted by atomic mass is 16.1. The fourth-order valence-electron chi connectivity index (χ4n) is 1.79. The molecule has 0 fully saturated rings. The summed E-state index contributed by atoms with van der Waals surface area (Å²) >= 11 is 0. The molecule has 0 saturated carbocycles. The standard InChI is InChI=1S/C13H12N4O/c1-9-6-13(18)17(10(2)16-9)8-11-4-3-5-15-12(11)7-14/h3-6H,8H2,1-2H3. The van der Waals surface area contributed by atoms with Crippen LogP contribution in [0.5, 0.6) is 0 Å². The molecule has 90 valence electrons. The van der Waals surface area contributed by atoms with Crippen molar-refractivity contribution in [3.63, 3.8) is 0 Å². The van der Waals surface area contributed by atoms with Gasteiger partial charge >= 0.3 is 0 Å². The van der Waals surface area contributed by atoms with Crippen molar-refractivity contribution >= 4 is 0 Å². The highest BCUT2D eigenvalue weighted by molar-refractivity contribution is 5.30. The summed E-state index contributed by atoms with van der Waals surface area (Å²) < 4.78 is 1.53. The third-order valence-electron chi connectivity index (χ3n) is 2.65. The van der Waals surface area contributed by atoms with Crippen LogP contribution < -0.4 is 5.56 Å². The summed E-state index contributed by atoms with van der Waals surface area (Å²) in [5.74, 6) is 0.632. The Morgan fingerprint density at radius 1 is 1.44 bits per heavy atom. The normalized spacial score (nSPS) is 10.1. The molecule has 0 bridgehead atoms. The number of nitrogens with zero attached hydrogens (tertiary/aromatic N) is 4. The van der Waals surface area contributed by atoms with Crippen molar-refractivity contribution in [2.24, 2.45) is 0 Å². The highest BCUT2D eigenvalue weighted by Gasteiger charge is 2.07. The lowest BCUT2D eigenvalue weighted by molar-refractivity contribution is 0.691. The Kier molecular flexibility index (Phi) is 3.20. The van der Waals surface area contributed by atoms with Gasteiger partial charge in [0.1, 0.15) is 17.6 Å². The molecule has 0 amide bonds. The summed E-state index contributed by atoms with van der Waals surface area (Å²) in [6.07, 6.45) is 1.56. The molecule has 18 heavy (non-hydrogen) atoms. The van der Waals surface area contributed by atoms with Gasteiger partial charge in [0.2, 0.25) is 0 Å². The molecule has 0 unspecified atom stereocenters.